The molecule has 0 unspecified atom stereocenters. The number of thioether (sulfide) groups is 1. The second-order valence-electron chi connectivity index (χ2n) is 6.70. The zero-order valence-corrected chi connectivity index (χ0v) is 16.7. The first-order valence-electron chi connectivity index (χ1n) is 9.23. The minimum atomic E-state index is -0.0680. The number of hydrogen-bond donors (Lipinski definition) is 0. The topological polar surface area (TPSA) is 77.1 Å². The van der Waals surface area contributed by atoms with E-state index in [0.717, 1.165) is 41.5 Å². The Kier molecular flexibility index (Phi) is 4.49. The highest BCUT2D eigenvalue weighted by molar-refractivity contribution is 7.99. The van der Waals surface area contributed by atoms with E-state index in [1.54, 1.807) is 15.9 Å². The van der Waals surface area contributed by atoms with Crippen molar-refractivity contribution in [2.24, 2.45) is 0 Å². The fourth-order valence-electron chi connectivity index (χ4n) is 3.78. The second kappa shape index (κ2) is 7.15. The van der Waals surface area contributed by atoms with Crippen LogP contribution in [0.2, 0.25) is 0 Å². The molecule has 2 aromatic heterocycles. The van der Waals surface area contributed by atoms with Gasteiger partial charge in [0.2, 0.25) is 0 Å². The predicted molar refractivity (Wildman–Crippen MR) is 109 cm³/mol. The van der Waals surface area contributed by atoms with Gasteiger partial charge in [0.1, 0.15) is 18.0 Å². The SMILES string of the molecule is N#CCSc1nc2sc3c(c2c(=O)n1-c1ccc2c(c1)OCCO2)CCCC3. The van der Waals surface area contributed by atoms with Gasteiger partial charge >= 0.3 is 0 Å². The summed E-state index contributed by atoms with van der Waals surface area (Å²) in [6, 6.07) is 7.61. The number of aromatic nitrogens is 2. The van der Waals surface area contributed by atoms with Gasteiger partial charge in [-0.1, -0.05) is 11.8 Å². The normalized spacial score (nSPS) is 15.2. The molecule has 1 aliphatic heterocycles. The predicted octanol–water partition coefficient (Wildman–Crippen LogP) is 3.71. The quantitative estimate of drug-likeness (QED) is 0.483. The standard InChI is InChI=1S/C20H17N3O3S2/c21-7-10-27-20-22-18-17(13-3-1-2-4-16(13)28-18)19(24)23(20)12-5-6-14-15(11-12)26-9-8-25-14/h5-6,11H,1-4,8-10H2. The molecule has 8 heteroatoms. The monoisotopic (exact) mass is 411 g/mol. The zero-order chi connectivity index (χ0) is 19.1. The van der Waals surface area contributed by atoms with Crippen LogP contribution in [0, 0.1) is 11.3 Å². The van der Waals surface area contributed by atoms with E-state index in [9.17, 15) is 4.79 Å². The maximum absolute atomic E-state index is 13.6. The minimum absolute atomic E-state index is 0.0680. The Morgan fingerprint density at radius 3 is 2.89 bits per heavy atom. The van der Waals surface area contributed by atoms with Crippen molar-refractivity contribution in [3.63, 3.8) is 0 Å². The Morgan fingerprint density at radius 1 is 1.21 bits per heavy atom. The van der Waals surface area contributed by atoms with Crippen LogP contribution in [0.4, 0.5) is 0 Å². The lowest BCUT2D eigenvalue weighted by Gasteiger charge is -2.20. The molecule has 0 spiro atoms. The number of thiophene rings is 1. The van der Waals surface area contributed by atoms with Gasteiger partial charge in [0.25, 0.3) is 5.56 Å². The van der Waals surface area contributed by atoms with Gasteiger partial charge in [0.05, 0.1) is 22.9 Å². The summed E-state index contributed by atoms with van der Waals surface area (Å²) in [5.74, 6) is 1.53. The summed E-state index contributed by atoms with van der Waals surface area (Å²) in [5, 5.41) is 10.3. The molecule has 0 radical (unpaired) electrons. The van der Waals surface area contributed by atoms with Gasteiger partial charge < -0.3 is 9.47 Å². The Balaban J connectivity index is 1.75. The van der Waals surface area contributed by atoms with Gasteiger partial charge in [0, 0.05) is 10.9 Å². The average molecular weight is 412 g/mol. The van der Waals surface area contributed by atoms with Crippen molar-refractivity contribution in [3.8, 4) is 23.3 Å². The van der Waals surface area contributed by atoms with Gasteiger partial charge in [-0.2, -0.15) is 5.26 Å². The van der Waals surface area contributed by atoms with E-state index in [4.69, 9.17) is 19.7 Å². The molecule has 3 heterocycles. The third-order valence-electron chi connectivity index (χ3n) is 5.01. The molecule has 0 fully saturated rings. The third-order valence-corrected chi connectivity index (χ3v) is 7.00. The molecule has 1 aliphatic carbocycles. The summed E-state index contributed by atoms with van der Waals surface area (Å²) in [5.41, 5.74) is 1.77. The molecular weight excluding hydrogens is 394 g/mol. The van der Waals surface area contributed by atoms with E-state index in [0.29, 0.717) is 35.6 Å². The van der Waals surface area contributed by atoms with Gasteiger partial charge in [-0.3, -0.25) is 9.36 Å². The van der Waals surface area contributed by atoms with Crippen LogP contribution < -0.4 is 15.0 Å². The molecule has 0 amide bonds. The number of nitriles is 1. The average Bonchev–Trinajstić information content (AvgIpc) is 3.10. The van der Waals surface area contributed by atoms with Crippen LogP contribution in [0.15, 0.2) is 28.2 Å². The molecule has 0 atom stereocenters. The van der Waals surface area contributed by atoms with Gasteiger partial charge in [-0.25, -0.2) is 4.98 Å². The van der Waals surface area contributed by atoms with Crippen molar-refractivity contribution in [1.29, 1.82) is 5.26 Å². The smallest absolute Gasteiger partial charge is 0.267 e. The zero-order valence-electron chi connectivity index (χ0n) is 15.1. The summed E-state index contributed by atoms with van der Waals surface area (Å²) in [6.45, 7) is 1.00. The molecule has 0 saturated heterocycles. The van der Waals surface area contributed by atoms with Crippen LogP contribution in [0.5, 0.6) is 11.5 Å². The molecule has 0 saturated carbocycles. The number of benzene rings is 1. The molecular formula is C20H17N3O3S2. The number of ether oxygens (including phenoxy) is 2. The molecule has 142 valence electrons. The van der Waals surface area contributed by atoms with E-state index < -0.39 is 0 Å². The first-order chi connectivity index (χ1) is 13.8. The lowest BCUT2D eigenvalue weighted by molar-refractivity contribution is 0.171. The van der Waals surface area contributed by atoms with Crippen LogP contribution in [0.3, 0.4) is 0 Å². The number of fused-ring (bicyclic) bond motifs is 4. The molecule has 28 heavy (non-hydrogen) atoms. The van der Waals surface area contributed by atoms with Crippen molar-refractivity contribution in [2.75, 3.05) is 19.0 Å². The summed E-state index contributed by atoms with van der Waals surface area (Å²) in [7, 11) is 0. The Morgan fingerprint density at radius 2 is 2.04 bits per heavy atom. The van der Waals surface area contributed by atoms with Crippen LogP contribution in [0.25, 0.3) is 15.9 Å². The fourth-order valence-corrected chi connectivity index (χ4v) is 5.76. The highest BCUT2D eigenvalue weighted by Crippen LogP contribution is 2.36. The first kappa shape index (κ1) is 17.6. The largest absolute Gasteiger partial charge is 0.486 e. The summed E-state index contributed by atoms with van der Waals surface area (Å²) < 4.78 is 12.9. The number of rotatable bonds is 3. The van der Waals surface area contributed by atoms with E-state index in [1.807, 2.05) is 18.2 Å². The van der Waals surface area contributed by atoms with Crippen molar-refractivity contribution in [3.05, 3.63) is 39.0 Å². The van der Waals surface area contributed by atoms with Crippen molar-refractivity contribution in [1.82, 2.24) is 9.55 Å². The van der Waals surface area contributed by atoms with Crippen LogP contribution in [-0.2, 0) is 12.8 Å². The molecule has 6 nitrogen and oxygen atoms in total. The second-order valence-corrected chi connectivity index (χ2v) is 8.73. The Labute approximate surface area is 169 Å². The maximum atomic E-state index is 13.6. The molecule has 1 aromatic carbocycles. The molecule has 0 bridgehead atoms. The summed E-state index contributed by atoms with van der Waals surface area (Å²) in [6.07, 6.45) is 4.21. The molecule has 0 N–H and O–H groups in total. The molecule has 2 aliphatic rings. The van der Waals surface area contributed by atoms with Crippen LogP contribution in [0.1, 0.15) is 23.3 Å². The van der Waals surface area contributed by atoms with Crippen LogP contribution in [-0.4, -0.2) is 28.5 Å². The van der Waals surface area contributed by atoms with Crippen molar-refractivity contribution < 1.29 is 9.47 Å². The number of nitrogens with zero attached hydrogens (tertiary/aromatic N) is 3. The summed E-state index contributed by atoms with van der Waals surface area (Å²) >= 11 is 2.90. The number of hydrogen-bond acceptors (Lipinski definition) is 7. The van der Waals surface area contributed by atoms with E-state index >= 15 is 0 Å². The Bertz CT molecular complexity index is 1180. The maximum Gasteiger partial charge on any atom is 0.267 e. The lowest BCUT2D eigenvalue weighted by Crippen LogP contribution is -2.23. The van der Waals surface area contributed by atoms with E-state index in [-0.39, 0.29) is 11.3 Å². The summed E-state index contributed by atoms with van der Waals surface area (Å²) in [4.78, 5) is 20.4. The van der Waals surface area contributed by atoms with Gasteiger partial charge in [0.15, 0.2) is 16.7 Å². The highest BCUT2D eigenvalue weighted by atomic mass is 32.2. The van der Waals surface area contributed by atoms with Crippen LogP contribution >= 0.6 is 23.1 Å². The van der Waals surface area contributed by atoms with Gasteiger partial charge in [-0.15, -0.1) is 11.3 Å². The van der Waals surface area contributed by atoms with Crippen molar-refractivity contribution >= 4 is 33.3 Å². The van der Waals surface area contributed by atoms with E-state index in [1.165, 1.54) is 16.6 Å². The fraction of sp³-hybridized carbons (Fsp3) is 0.350. The highest BCUT2D eigenvalue weighted by Gasteiger charge is 2.23. The van der Waals surface area contributed by atoms with Gasteiger partial charge in [-0.05, 0) is 43.4 Å². The van der Waals surface area contributed by atoms with E-state index in [2.05, 4.69) is 6.07 Å². The number of aryl methyl sites for hydroxylation is 2. The molecule has 5 rings (SSSR count). The Hall–Kier alpha value is -2.50. The third kappa shape index (κ3) is 2.86. The minimum Gasteiger partial charge on any atom is -0.486 e. The first-order valence-corrected chi connectivity index (χ1v) is 11.0. The lowest BCUT2D eigenvalue weighted by atomic mass is 9.97. The van der Waals surface area contributed by atoms with Crippen molar-refractivity contribution in [2.45, 2.75) is 30.8 Å². The molecule has 3 aromatic rings.